The van der Waals surface area contributed by atoms with E-state index in [1.165, 1.54) is 5.56 Å². The molecule has 1 N–H and O–H groups in total. The number of benzene rings is 1. The minimum absolute atomic E-state index is 0. The summed E-state index contributed by atoms with van der Waals surface area (Å²) in [4.78, 5) is 10.3. The third kappa shape index (κ3) is 5.89. The molecule has 3 nitrogen and oxygen atoms in total. The van der Waals surface area contributed by atoms with E-state index in [2.05, 4.69) is 32.2 Å². The normalized spacial score (nSPS) is 10.6. The van der Waals surface area contributed by atoms with Gasteiger partial charge in [0.15, 0.2) is 0 Å². The van der Waals surface area contributed by atoms with Gasteiger partial charge in [-0.25, -0.2) is 0 Å². The van der Waals surface area contributed by atoms with E-state index in [9.17, 15) is 9.90 Å². The van der Waals surface area contributed by atoms with E-state index in [0.717, 1.165) is 5.69 Å². The standard InChI is InChI=1S/C14H21NO2.Na/c1-14(2,3)11-7-4-5-8-12(11)15-10-6-9-13(16)17;/h4-5,7-8,15H,6,9-10H2,1-3H3,(H,16,17);/q;+1/p-1. The first-order valence-electron chi connectivity index (χ1n) is 5.94. The third-order valence-corrected chi connectivity index (χ3v) is 2.61. The number of hydrogen-bond acceptors (Lipinski definition) is 3. The number of carbonyl (C=O) groups is 1. The predicted octanol–water partition coefficient (Wildman–Crippen LogP) is -1.07. The molecule has 0 heterocycles. The van der Waals surface area contributed by atoms with Crippen LogP contribution in [0.3, 0.4) is 0 Å². The molecule has 0 aromatic heterocycles. The van der Waals surface area contributed by atoms with Crippen molar-refractivity contribution in [1.29, 1.82) is 0 Å². The Labute approximate surface area is 131 Å². The Kier molecular flexibility index (Phi) is 7.60. The van der Waals surface area contributed by atoms with Crippen LogP contribution in [0, 0.1) is 0 Å². The van der Waals surface area contributed by atoms with Crippen molar-refractivity contribution in [2.24, 2.45) is 0 Å². The molecule has 0 saturated carbocycles. The van der Waals surface area contributed by atoms with Crippen molar-refractivity contribution < 1.29 is 39.5 Å². The van der Waals surface area contributed by atoms with Gasteiger partial charge in [-0.1, -0.05) is 39.0 Å². The van der Waals surface area contributed by atoms with E-state index in [4.69, 9.17) is 0 Å². The molecule has 4 heteroatoms. The monoisotopic (exact) mass is 257 g/mol. The molecule has 1 aromatic rings. The first-order valence-corrected chi connectivity index (χ1v) is 5.94. The van der Waals surface area contributed by atoms with Crippen molar-refractivity contribution in [2.75, 3.05) is 11.9 Å². The molecule has 0 radical (unpaired) electrons. The number of carbonyl (C=O) groups excluding carboxylic acids is 1. The average Bonchev–Trinajstić information content (AvgIpc) is 2.23. The van der Waals surface area contributed by atoms with Crippen LogP contribution in [-0.2, 0) is 10.2 Å². The van der Waals surface area contributed by atoms with E-state index >= 15 is 0 Å². The van der Waals surface area contributed by atoms with Gasteiger partial charge in [0.05, 0.1) is 0 Å². The summed E-state index contributed by atoms with van der Waals surface area (Å²) in [5.41, 5.74) is 2.41. The van der Waals surface area contributed by atoms with Crippen molar-refractivity contribution in [3.63, 3.8) is 0 Å². The Morgan fingerprint density at radius 3 is 2.44 bits per heavy atom. The van der Waals surface area contributed by atoms with Gasteiger partial charge in [0.25, 0.3) is 0 Å². The van der Waals surface area contributed by atoms with E-state index in [0.29, 0.717) is 13.0 Å². The number of aliphatic carboxylic acids is 1. The van der Waals surface area contributed by atoms with E-state index < -0.39 is 5.97 Å². The molecule has 0 aliphatic rings. The summed E-state index contributed by atoms with van der Waals surface area (Å²) < 4.78 is 0. The molecule has 1 rings (SSSR count). The minimum atomic E-state index is -0.990. The number of nitrogens with one attached hydrogen (secondary N) is 1. The second-order valence-electron chi connectivity index (χ2n) is 5.20. The molecule has 0 aliphatic carbocycles. The predicted molar refractivity (Wildman–Crippen MR) is 67.9 cm³/mol. The summed E-state index contributed by atoms with van der Waals surface area (Å²) in [6, 6.07) is 8.13. The SMILES string of the molecule is CC(C)(C)c1ccccc1NCCCC(=O)[O-].[Na+]. The number of carboxylic acids is 1. The van der Waals surface area contributed by atoms with Gasteiger partial charge in [0.2, 0.25) is 0 Å². The second-order valence-corrected chi connectivity index (χ2v) is 5.20. The largest absolute Gasteiger partial charge is 1.00 e. The molecular weight excluding hydrogens is 237 g/mol. The number of carboxylic acid groups (broad SMARTS) is 1. The fraction of sp³-hybridized carbons (Fsp3) is 0.500. The van der Waals surface area contributed by atoms with E-state index in [1.54, 1.807) is 0 Å². The van der Waals surface area contributed by atoms with Crippen LogP contribution in [-0.4, -0.2) is 12.5 Å². The molecule has 0 bridgehead atoms. The Balaban J connectivity index is 0.00000289. The molecule has 1 aromatic carbocycles. The van der Waals surface area contributed by atoms with Crippen molar-refractivity contribution in [3.8, 4) is 0 Å². The summed E-state index contributed by atoms with van der Waals surface area (Å²) in [6.45, 7) is 7.14. The van der Waals surface area contributed by atoms with Crippen LogP contribution in [0.2, 0.25) is 0 Å². The smallest absolute Gasteiger partial charge is 0.550 e. The first kappa shape index (κ1) is 17.5. The molecular formula is C14H20NNaO2. The molecule has 0 spiro atoms. The molecule has 0 amide bonds. The summed E-state index contributed by atoms with van der Waals surface area (Å²) in [5.74, 6) is -0.990. The zero-order valence-corrected chi connectivity index (χ0v) is 13.7. The quantitative estimate of drug-likeness (QED) is 0.540. The minimum Gasteiger partial charge on any atom is -0.550 e. The number of anilines is 1. The van der Waals surface area contributed by atoms with Crippen LogP contribution in [0.25, 0.3) is 0 Å². The van der Waals surface area contributed by atoms with Gasteiger partial charge in [-0.15, -0.1) is 0 Å². The molecule has 94 valence electrons. The number of para-hydroxylation sites is 1. The fourth-order valence-corrected chi connectivity index (χ4v) is 1.75. The van der Waals surface area contributed by atoms with Crippen LogP contribution in [0.15, 0.2) is 24.3 Å². The van der Waals surface area contributed by atoms with Gasteiger partial charge in [-0.2, -0.15) is 0 Å². The number of hydrogen-bond donors (Lipinski definition) is 1. The molecule has 0 unspecified atom stereocenters. The Hall–Kier alpha value is -0.510. The maximum Gasteiger partial charge on any atom is 1.00 e. The molecule has 0 fully saturated rings. The zero-order valence-electron chi connectivity index (χ0n) is 11.7. The van der Waals surface area contributed by atoms with Gasteiger partial charge in [-0.3, -0.25) is 0 Å². The van der Waals surface area contributed by atoms with Crippen LogP contribution in [0.5, 0.6) is 0 Å². The molecule has 0 atom stereocenters. The van der Waals surface area contributed by atoms with E-state index in [1.807, 2.05) is 18.2 Å². The van der Waals surface area contributed by atoms with Crippen LogP contribution >= 0.6 is 0 Å². The summed E-state index contributed by atoms with van der Waals surface area (Å²) in [5, 5.41) is 13.6. The van der Waals surface area contributed by atoms with Gasteiger partial charge >= 0.3 is 29.6 Å². The van der Waals surface area contributed by atoms with Crippen molar-refractivity contribution in [2.45, 2.75) is 39.0 Å². The van der Waals surface area contributed by atoms with Crippen molar-refractivity contribution >= 4 is 11.7 Å². The topological polar surface area (TPSA) is 52.2 Å². The maximum absolute atomic E-state index is 10.3. The van der Waals surface area contributed by atoms with Crippen molar-refractivity contribution in [1.82, 2.24) is 0 Å². The van der Waals surface area contributed by atoms with Gasteiger partial charge in [0.1, 0.15) is 0 Å². The third-order valence-electron chi connectivity index (χ3n) is 2.61. The van der Waals surface area contributed by atoms with Crippen LogP contribution in [0.1, 0.15) is 39.2 Å². The zero-order chi connectivity index (χ0) is 12.9. The van der Waals surface area contributed by atoms with Gasteiger partial charge < -0.3 is 15.2 Å². The van der Waals surface area contributed by atoms with E-state index in [-0.39, 0.29) is 41.4 Å². The molecule has 0 aliphatic heterocycles. The summed E-state index contributed by atoms with van der Waals surface area (Å²) in [7, 11) is 0. The first-order chi connectivity index (χ1) is 7.91. The van der Waals surface area contributed by atoms with Crippen molar-refractivity contribution in [3.05, 3.63) is 29.8 Å². The Bertz CT molecular complexity index is 386. The Morgan fingerprint density at radius 2 is 1.89 bits per heavy atom. The summed E-state index contributed by atoms with van der Waals surface area (Å²) in [6.07, 6.45) is 0.686. The number of rotatable bonds is 5. The average molecular weight is 257 g/mol. The summed E-state index contributed by atoms with van der Waals surface area (Å²) >= 11 is 0. The second kappa shape index (κ2) is 7.82. The van der Waals surface area contributed by atoms with Gasteiger partial charge in [0, 0.05) is 18.2 Å². The fourth-order valence-electron chi connectivity index (χ4n) is 1.75. The van der Waals surface area contributed by atoms with Crippen LogP contribution < -0.4 is 40.0 Å². The van der Waals surface area contributed by atoms with Crippen LogP contribution in [0.4, 0.5) is 5.69 Å². The van der Waals surface area contributed by atoms with Gasteiger partial charge in [-0.05, 0) is 29.9 Å². The Morgan fingerprint density at radius 1 is 1.28 bits per heavy atom. The maximum atomic E-state index is 10.3. The molecule has 18 heavy (non-hydrogen) atoms. The molecule has 0 saturated heterocycles.